The van der Waals surface area contributed by atoms with Crippen molar-refractivity contribution in [2.24, 2.45) is 5.41 Å². The number of allylic oxidation sites excluding steroid dienone is 1. The highest BCUT2D eigenvalue weighted by Gasteiger charge is 2.40. The Kier molecular flexibility index (Phi) is 3.53. The standard InChI is InChI=1S/C9H19O3P/c1-6-8(2,3)7-9(4,5)13(10,11)12/h6H,1,7H2,2-5H3,(H2,10,11,12). The summed E-state index contributed by atoms with van der Waals surface area (Å²) >= 11 is 0. The summed E-state index contributed by atoms with van der Waals surface area (Å²) in [6.45, 7) is 10.6. The Labute approximate surface area is 80.0 Å². The van der Waals surface area contributed by atoms with Crippen molar-refractivity contribution >= 4 is 7.60 Å². The fourth-order valence-corrected chi connectivity index (χ4v) is 1.90. The Balaban J connectivity index is 4.71. The maximum absolute atomic E-state index is 11.1. The van der Waals surface area contributed by atoms with Gasteiger partial charge in [-0.15, -0.1) is 6.58 Å². The van der Waals surface area contributed by atoms with Gasteiger partial charge in [-0.2, -0.15) is 0 Å². The first-order valence-electron chi connectivity index (χ1n) is 4.21. The first-order chi connectivity index (χ1) is 5.52. The van der Waals surface area contributed by atoms with Gasteiger partial charge in [-0.1, -0.05) is 19.9 Å². The molecule has 0 bridgehead atoms. The molecular weight excluding hydrogens is 187 g/mol. The Hall–Kier alpha value is -0.110. The molecule has 0 aliphatic carbocycles. The van der Waals surface area contributed by atoms with Crippen molar-refractivity contribution in [3.8, 4) is 0 Å². The molecule has 0 rings (SSSR count). The number of hydrogen-bond acceptors (Lipinski definition) is 1. The number of rotatable bonds is 4. The summed E-state index contributed by atoms with van der Waals surface area (Å²) in [7, 11) is -4.03. The lowest BCUT2D eigenvalue weighted by atomic mass is 9.84. The molecule has 3 nitrogen and oxygen atoms in total. The van der Waals surface area contributed by atoms with Gasteiger partial charge in [0.15, 0.2) is 0 Å². The van der Waals surface area contributed by atoms with Crippen LogP contribution in [0.25, 0.3) is 0 Å². The van der Waals surface area contributed by atoms with Gasteiger partial charge in [0.1, 0.15) is 0 Å². The Morgan fingerprint density at radius 1 is 1.31 bits per heavy atom. The Morgan fingerprint density at radius 3 is 1.92 bits per heavy atom. The van der Waals surface area contributed by atoms with Crippen LogP contribution in [-0.2, 0) is 4.57 Å². The maximum Gasteiger partial charge on any atom is 0.331 e. The second-order valence-electron chi connectivity index (χ2n) is 4.73. The molecule has 0 aliphatic rings. The lowest BCUT2D eigenvalue weighted by Crippen LogP contribution is -2.27. The summed E-state index contributed by atoms with van der Waals surface area (Å²) < 4.78 is 11.1. The van der Waals surface area contributed by atoms with E-state index in [1.54, 1.807) is 19.9 Å². The highest BCUT2D eigenvalue weighted by Crippen LogP contribution is 2.54. The molecule has 0 radical (unpaired) electrons. The highest BCUT2D eigenvalue weighted by atomic mass is 31.2. The van der Waals surface area contributed by atoms with Crippen molar-refractivity contribution in [1.82, 2.24) is 0 Å². The van der Waals surface area contributed by atoms with E-state index < -0.39 is 12.8 Å². The molecule has 0 saturated carbocycles. The molecule has 0 aromatic rings. The zero-order chi connectivity index (χ0) is 10.9. The van der Waals surface area contributed by atoms with E-state index in [9.17, 15) is 4.57 Å². The Morgan fingerprint density at radius 2 is 1.69 bits per heavy atom. The van der Waals surface area contributed by atoms with Crippen molar-refractivity contribution in [2.45, 2.75) is 39.3 Å². The minimum absolute atomic E-state index is 0.245. The monoisotopic (exact) mass is 206 g/mol. The van der Waals surface area contributed by atoms with Crippen LogP contribution >= 0.6 is 7.60 Å². The average Bonchev–Trinajstić information content (AvgIpc) is 1.83. The van der Waals surface area contributed by atoms with Gasteiger partial charge in [0, 0.05) is 0 Å². The zero-order valence-corrected chi connectivity index (χ0v) is 9.64. The molecule has 0 aliphatic heterocycles. The van der Waals surface area contributed by atoms with Gasteiger partial charge in [0.25, 0.3) is 0 Å². The molecule has 0 unspecified atom stereocenters. The van der Waals surface area contributed by atoms with E-state index in [-0.39, 0.29) is 5.41 Å². The van der Waals surface area contributed by atoms with E-state index in [2.05, 4.69) is 6.58 Å². The summed E-state index contributed by atoms with van der Waals surface area (Å²) in [6.07, 6.45) is 2.15. The molecule has 0 heterocycles. The van der Waals surface area contributed by atoms with E-state index in [0.717, 1.165) is 0 Å². The summed E-state index contributed by atoms with van der Waals surface area (Å²) in [5, 5.41) is -0.981. The van der Waals surface area contributed by atoms with Crippen LogP contribution in [0.15, 0.2) is 12.7 Å². The molecule has 2 N–H and O–H groups in total. The van der Waals surface area contributed by atoms with Gasteiger partial charge in [0.2, 0.25) is 0 Å². The first-order valence-corrected chi connectivity index (χ1v) is 5.82. The molecule has 0 saturated heterocycles. The zero-order valence-electron chi connectivity index (χ0n) is 8.74. The Bertz CT molecular complexity index is 237. The van der Waals surface area contributed by atoms with Crippen molar-refractivity contribution in [2.75, 3.05) is 0 Å². The summed E-state index contributed by atoms with van der Waals surface area (Å²) in [4.78, 5) is 18.2. The predicted molar refractivity (Wildman–Crippen MR) is 54.7 cm³/mol. The molecule has 0 spiro atoms. The molecule has 0 fully saturated rings. The molecule has 0 aromatic carbocycles. The highest BCUT2D eigenvalue weighted by molar-refractivity contribution is 7.53. The van der Waals surface area contributed by atoms with Crippen LogP contribution < -0.4 is 0 Å². The lowest BCUT2D eigenvalue weighted by Gasteiger charge is -2.33. The van der Waals surface area contributed by atoms with Crippen molar-refractivity contribution < 1.29 is 14.4 Å². The van der Waals surface area contributed by atoms with Crippen LogP contribution in [0.4, 0.5) is 0 Å². The topological polar surface area (TPSA) is 57.5 Å². The first kappa shape index (κ1) is 12.9. The van der Waals surface area contributed by atoms with Gasteiger partial charge in [0.05, 0.1) is 5.16 Å². The second-order valence-corrected chi connectivity index (χ2v) is 7.02. The molecule has 13 heavy (non-hydrogen) atoms. The van der Waals surface area contributed by atoms with Crippen LogP contribution in [0.1, 0.15) is 34.1 Å². The van der Waals surface area contributed by atoms with Crippen molar-refractivity contribution in [3.63, 3.8) is 0 Å². The van der Waals surface area contributed by atoms with Crippen LogP contribution in [0.2, 0.25) is 0 Å². The van der Waals surface area contributed by atoms with E-state index >= 15 is 0 Å². The van der Waals surface area contributed by atoms with E-state index in [1.807, 2.05) is 13.8 Å². The van der Waals surface area contributed by atoms with Crippen LogP contribution in [0.5, 0.6) is 0 Å². The molecule has 0 atom stereocenters. The SMILES string of the molecule is C=CC(C)(C)CC(C)(C)P(=O)(O)O. The second kappa shape index (κ2) is 3.56. The van der Waals surface area contributed by atoms with Gasteiger partial charge >= 0.3 is 7.60 Å². The molecular formula is C9H19O3P. The summed E-state index contributed by atoms with van der Waals surface area (Å²) in [5.41, 5.74) is -0.245. The third kappa shape index (κ3) is 3.63. The molecule has 0 aromatic heterocycles. The minimum atomic E-state index is -4.03. The number of hydrogen-bond donors (Lipinski definition) is 2. The van der Waals surface area contributed by atoms with Crippen LogP contribution in [-0.4, -0.2) is 14.9 Å². The third-order valence-corrected chi connectivity index (χ3v) is 3.96. The smallest absolute Gasteiger partial charge is 0.324 e. The van der Waals surface area contributed by atoms with Crippen LogP contribution in [0, 0.1) is 5.41 Å². The van der Waals surface area contributed by atoms with Gasteiger partial charge < -0.3 is 9.79 Å². The largest absolute Gasteiger partial charge is 0.331 e. The molecule has 0 amide bonds. The average molecular weight is 206 g/mol. The van der Waals surface area contributed by atoms with Crippen LogP contribution in [0.3, 0.4) is 0 Å². The summed E-state index contributed by atoms with van der Waals surface area (Å²) in [6, 6.07) is 0. The predicted octanol–water partition coefficient (Wildman–Crippen LogP) is 2.55. The minimum Gasteiger partial charge on any atom is -0.324 e. The normalized spacial score (nSPS) is 14.3. The molecule has 78 valence electrons. The quantitative estimate of drug-likeness (QED) is 0.549. The van der Waals surface area contributed by atoms with Crippen molar-refractivity contribution in [3.05, 3.63) is 12.7 Å². The van der Waals surface area contributed by atoms with Crippen molar-refractivity contribution in [1.29, 1.82) is 0 Å². The fourth-order valence-electron chi connectivity index (χ4n) is 1.29. The van der Waals surface area contributed by atoms with E-state index in [0.29, 0.717) is 6.42 Å². The lowest BCUT2D eigenvalue weighted by molar-refractivity contribution is 0.294. The fraction of sp³-hybridized carbons (Fsp3) is 0.778. The van der Waals surface area contributed by atoms with Gasteiger partial charge in [-0.25, -0.2) is 0 Å². The van der Waals surface area contributed by atoms with E-state index in [4.69, 9.17) is 9.79 Å². The van der Waals surface area contributed by atoms with Gasteiger partial charge in [-0.05, 0) is 25.7 Å². The maximum atomic E-state index is 11.1. The third-order valence-electron chi connectivity index (χ3n) is 2.23. The van der Waals surface area contributed by atoms with E-state index in [1.165, 1.54) is 0 Å². The summed E-state index contributed by atoms with van der Waals surface area (Å²) in [5.74, 6) is 0. The van der Waals surface area contributed by atoms with Gasteiger partial charge in [-0.3, -0.25) is 4.57 Å². The molecule has 4 heteroatoms.